The number of amides is 1. The summed E-state index contributed by atoms with van der Waals surface area (Å²) >= 11 is 0. The van der Waals surface area contributed by atoms with E-state index in [4.69, 9.17) is 5.73 Å². The van der Waals surface area contributed by atoms with Crippen LogP contribution in [0.3, 0.4) is 0 Å². The number of methoxy groups -OCH3 is 1. The summed E-state index contributed by atoms with van der Waals surface area (Å²) in [6.45, 7) is 1.43. The van der Waals surface area contributed by atoms with Gasteiger partial charge >= 0.3 is 5.97 Å². The summed E-state index contributed by atoms with van der Waals surface area (Å²) in [6, 6.07) is 6.06. The summed E-state index contributed by atoms with van der Waals surface area (Å²) in [7, 11) is 5.23. The maximum absolute atomic E-state index is 11.5. The molecule has 0 fully saturated rings. The van der Waals surface area contributed by atoms with Gasteiger partial charge in [-0.3, -0.25) is 4.79 Å². The zero-order valence-electron chi connectivity index (χ0n) is 12.1. The van der Waals surface area contributed by atoms with Crippen molar-refractivity contribution in [1.29, 1.82) is 0 Å². The van der Waals surface area contributed by atoms with Crippen LogP contribution in [-0.2, 0) is 9.53 Å². The second-order valence-electron chi connectivity index (χ2n) is 4.71. The molecular weight excluding hydrogens is 258 g/mol. The molecule has 0 saturated carbocycles. The van der Waals surface area contributed by atoms with E-state index in [1.54, 1.807) is 24.3 Å². The van der Waals surface area contributed by atoms with Crippen molar-refractivity contribution in [3.63, 3.8) is 0 Å². The van der Waals surface area contributed by atoms with Gasteiger partial charge in [-0.2, -0.15) is 0 Å². The number of benzene rings is 1. The molecule has 1 aromatic rings. The number of hydrogen-bond donors (Lipinski definition) is 2. The zero-order chi connectivity index (χ0) is 15.1. The first-order valence-electron chi connectivity index (χ1n) is 6.31. The number of esters is 1. The highest BCUT2D eigenvalue weighted by atomic mass is 16.5. The number of likely N-dealkylation sites (N-methyl/N-ethyl adjacent to an activating group) is 1. The van der Waals surface area contributed by atoms with Gasteiger partial charge in [-0.05, 0) is 31.8 Å². The standard InChI is InChI=1S/C14H21N3O3/c1-17(2)9-8-16-12(13(15)18)10-4-6-11(7-5-10)14(19)20-3/h4-7,12,16H,8-9H2,1-3H3,(H2,15,18). The van der Waals surface area contributed by atoms with Crippen LogP contribution in [0.2, 0.25) is 0 Å². The van der Waals surface area contributed by atoms with Crippen LogP contribution in [0.25, 0.3) is 0 Å². The van der Waals surface area contributed by atoms with E-state index in [9.17, 15) is 9.59 Å². The monoisotopic (exact) mass is 279 g/mol. The summed E-state index contributed by atoms with van der Waals surface area (Å²) in [5.41, 5.74) is 6.57. The highest BCUT2D eigenvalue weighted by molar-refractivity contribution is 5.89. The maximum atomic E-state index is 11.5. The molecule has 6 nitrogen and oxygen atoms in total. The Morgan fingerprint density at radius 3 is 2.35 bits per heavy atom. The van der Waals surface area contributed by atoms with Gasteiger partial charge in [0.25, 0.3) is 0 Å². The van der Waals surface area contributed by atoms with Crippen LogP contribution >= 0.6 is 0 Å². The second kappa shape index (κ2) is 7.62. The molecule has 0 bridgehead atoms. The third kappa shape index (κ3) is 4.64. The van der Waals surface area contributed by atoms with Gasteiger partial charge in [-0.1, -0.05) is 12.1 Å². The third-order valence-corrected chi connectivity index (χ3v) is 2.86. The fourth-order valence-corrected chi connectivity index (χ4v) is 1.74. The first kappa shape index (κ1) is 16.1. The lowest BCUT2D eigenvalue weighted by Gasteiger charge is -2.18. The van der Waals surface area contributed by atoms with E-state index >= 15 is 0 Å². The average Bonchev–Trinajstić information content (AvgIpc) is 2.42. The molecule has 1 unspecified atom stereocenters. The summed E-state index contributed by atoms with van der Waals surface area (Å²) in [4.78, 5) is 24.9. The molecule has 0 aromatic heterocycles. The van der Waals surface area contributed by atoms with Crippen LogP contribution in [-0.4, -0.2) is 51.1 Å². The number of hydrogen-bond acceptors (Lipinski definition) is 5. The van der Waals surface area contributed by atoms with Crippen LogP contribution in [0.1, 0.15) is 22.0 Å². The molecule has 0 radical (unpaired) electrons. The number of ether oxygens (including phenoxy) is 1. The highest BCUT2D eigenvalue weighted by Gasteiger charge is 2.17. The van der Waals surface area contributed by atoms with E-state index < -0.39 is 17.9 Å². The summed E-state index contributed by atoms with van der Waals surface area (Å²) < 4.78 is 4.62. The average molecular weight is 279 g/mol. The molecule has 0 spiro atoms. The van der Waals surface area contributed by atoms with Gasteiger partial charge in [-0.15, -0.1) is 0 Å². The van der Waals surface area contributed by atoms with E-state index in [1.807, 2.05) is 19.0 Å². The zero-order valence-corrected chi connectivity index (χ0v) is 12.1. The molecular formula is C14H21N3O3. The number of carbonyl (C=O) groups is 2. The molecule has 6 heteroatoms. The molecule has 110 valence electrons. The first-order chi connectivity index (χ1) is 9.45. The van der Waals surface area contributed by atoms with Gasteiger partial charge in [0.15, 0.2) is 0 Å². The number of rotatable bonds is 7. The normalized spacial score (nSPS) is 12.2. The van der Waals surface area contributed by atoms with Crippen LogP contribution in [0.15, 0.2) is 24.3 Å². The van der Waals surface area contributed by atoms with E-state index in [0.717, 1.165) is 12.1 Å². The minimum Gasteiger partial charge on any atom is -0.465 e. The quantitative estimate of drug-likeness (QED) is 0.694. The van der Waals surface area contributed by atoms with E-state index in [1.165, 1.54) is 7.11 Å². The van der Waals surface area contributed by atoms with E-state index in [0.29, 0.717) is 12.1 Å². The Morgan fingerprint density at radius 1 is 1.30 bits per heavy atom. The van der Waals surface area contributed by atoms with Crippen LogP contribution < -0.4 is 11.1 Å². The van der Waals surface area contributed by atoms with Crippen LogP contribution in [0, 0.1) is 0 Å². The van der Waals surface area contributed by atoms with Gasteiger partial charge in [0, 0.05) is 13.1 Å². The minimum atomic E-state index is -0.568. The van der Waals surface area contributed by atoms with Gasteiger partial charge in [0.2, 0.25) is 5.91 Å². The number of carbonyl (C=O) groups excluding carboxylic acids is 2. The van der Waals surface area contributed by atoms with Gasteiger partial charge < -0.3 is 20.7 Å². The number of nitrogens with zero attached hydrogens (tertiary/aromatic N) is 1. The number of nitrogens with two attached hydrogens (primary N) is 1. The molecule has 1 rings (SSSR count). The number of primary amides is 1. The lowest BCUT2D eigenvalue weighted by Crippen LogP contribution is -2.37. The molecule has 1 aromatic carbocycles. The Labute approximate surface area is 118 Å². The van der Waals surface area contributed by atoms with Crippen molar-refractivity contribution in [1.82, 2.24) is 10.2 Å². The molecule has 0 aliphatic heterocycles. The Balaban J connectivity index is 2.76. The molecule has 3 N–H and O–H groups in total. The van der Waals surface area contributed by atoms with Crippen molar-refractivity contribution >= 4 is 11.9 Å². The smallest absolute Gasteiger partial charge is 0.337 e. The molecule has 0 aliphatic carbocycles. The second-order valence-corrected chi connectivity index (χ2v) is 4.71. The molecule has 0 aliphatic rings. The summed E-state index contributed by atoms with van der Waals surface area (Å²) in [5.74, 6) is -0.859. The van der Waals surface area contributed by atoms with Crippen molar-refractivity contribution in [2.24, 2.45) is 5.73 Å². The summed E-state index contributed by atoms with van der Waals surface area (Å²) in [6.07, 6.45) is 0. The van der Waals surface area contributed by atoms with Crippen LogP contribution in [0.5, 0.6) is 0 Å². The lowest BCUT2D eigenvalue weighted by molar-refractivity contribution is -0.120. The Bertz CT molecular complexity index is 457. The van der Waals surface area contributed by atoms with Crippen molar-refractivity contribution in [3.8, 4) is 0 Å². The van der Waals surface area contributed by atoms with Gasteiger partial charge in [0.05, 0.1) is 12.7 Å². The summed E-state index contributed by atoms with van der Waals surface area (Å²) in [5, 5.41) is 3.10. The van der Waals surface area contributed by atoms with Crippen molar-refractivity contribution < 1.29 is 14.3 Å². The largest absolute Gasteiger partial charge is 0.465 e. The first-order valence-corrected chi connectivity index (χ1v) is 6.31. The minimum absolute atomic E-state index is 0.409. The van der Waals surface area contributed by atoms with Crippen molar-refractivity contribution in [2.75, 3.05) is 34.3 Å². The Kier molecular flexibility index (Phi) is 6.14. The fourth-order valence-electron chi connectivity index (χ4n) is 1.74. The van der Waals surface area contributed by atoms with Gasteiger partial charge in [0.1, 0.15) is 6.04 Å². The SMILES string of the molecule is COC(=O)c1ccc(C(NCCN(C)C)C(N)=O)cc1. The van der Waals surface area contributed by atoms with Crippen LogP contribution in [0.4, 0.5) is 0 Å². The highest BCUT2D eigenvalue weighted by Crippen LogP contribution is 2.14. The Hall–Kier alpha value is -1.92. The van der Waals surface area contributed by atoms with Crippen molar-refractivity contribution in [3.05, 3.63) is 35.4 Å². The fraction of sp³-hybridized carbons (Fsp3) is 0.429. The molecule has 0 saturated heterocycles. The predicted molar refractivity (Wildman–Crippen MR) is 76.3 cm³/mol. The molecule has 1 amide bonds. The molecule has 1 atom stereocenters. The topological polar surface area (TPSA) is 84.7 Å². The van der Waals surface area contributed by atoms with E-state index in [2.05, 4.69) is 10.1 Å². The lowest BCUT2D eigenvalue weighted by atomic mass is 10.0. The maximum Gasteiger partial charge on any atom is 0.337 e. The van der Waals surface area contributed by atoms with Gasteiger partial charge in [-0.25, -0.2) is 4.79 Å². The third-order valence-electron chi connectivity index (χ3n) is 2.86. The molecule has 0 heterocycles. The predicted octanol–water partition coefficient (Wildman–Crippen LogP) is 0.151. The van der Waals surface area contributed by atoms with Crippen molar-refractivity contribution in [2.45, 2.75) is 6.04 Å². The van der Waals surface area contributed by atoms with E-state index in [-0.39, 0.29) is 0 Å². The number of nitrogens with one attached hydrogen (secondary N) is 1. The Morgan fingerprint density at radius 2 is 1.90 bits per heavy atom. The molecule has 20 heavy (non-hydrogen) atoms.